The predicted octanol–water partition coefficient (Wildman–Crippen LogP) is 3.92. The van der Waals surface area contributed by atoms with Gasteiger partial charge in [0, 0.05) is 49.3 Å². The van der Waals surface area contributed by atoms with E-state index in [0.29, 0.717) is 43.4 Å². The number of benzene rings is 2. The van der Waals surface area contributed by atoms with E-state index in [1.807, 2.05) is 38.2 Å². The van der Waals surface area contributed by atoms with E-state index in [4.69, 9.17) is 14.2 Å². The summed E-state index contributed by atoms with van der Waals surface area (Å²) < 4.78 is 18.5. The van der Waals surface area contributed by atoms with Crippen LogP contribution in [0.15, 0.2) is 47.5 Å². The average Bonchev–Trinajstić information content (AvgIpc) is 3.05. The smallest absolute Gasteiger partial charge is 0.247 e. The molecule has 0 bridgehead atoms. The maximum absolute atomic E-state index is 13.8. The van der Waals surface area contributed by atoms with Crippen LogP contribution in [0.25, 0.3) is 10.9 Å². The fourth-order valence-electron chi connectivity index (χ4n) is 4.44. The lowest BCUT2D eigenvalue weighted by molar-refractivity contribution is -0.125. The molecule has 1 aliphatic heterocycles. The number of para-hydroxylation sites is 1. The largest absolute Gasteiger partial charge is 0.497 e. The van der Waals surface area contributed by atoms with Crippen LogP contribution in [-0.2, 0) is 21.4 Å². The minimum absolute atomic E-state index is 0.184. The molecule has 2 heterocycles. The number of hydrogen-bond acceptors (Lipinski definition) is 6. The fourth-order valence-corrected chi connectivity index (χ4v) is 5.51. The molecular weight excluding hydrogens is 466 g/mol. The van der Waals surface area contributed by atoms with Crippen molar-refractivity contribution in [1.82, 2.24) is 9.88 Å². The maximum atomic E-state index is 13.8. The number of anilines is 1. The lowest BCUT2D eigenvalue weighted by Gasteiger charge is -2.31. The van der Waals surface area contributed by atoms with Gasteiger partial charge in [-0.3, -0.25) is 14.5 Å². The number of carbonyl (C=O) groups excluding carboxylic acids is 2. The second kappa shape index (κ2) is 11.0. The van der Waals surface area contributed by atoms with Crippen molar-refractivity contribution in [2.45, 2.75) is 24.4 Å². The number of rotatable bonds is 9. The van der Waals surface area contributed by atoms with Crippen LogP contribution < -0.4 is 19.7 Å². The molecule has 0 aliphatic carbocycles. The summed E-state index contributed by atoms with van der Waals surface area (Å²) in [5.74, 6) is 0.809. The number of nitrogens with one attached hydrogen (secondary N) is 1. The van der Waals surface area contributed by atoms with E-state index in [0.717, 1.165) is 21.5 Å². The standard InChI is InChI=1S/C26H31N3O5S/c1-5-34-14-8-13-27-25(31)24-23-18-9-6-7-10-19(18)28(2)26(23)35-16-22(30)29(24)20-15-17(32-3)11-12-21(20)33-4/h6-7,9-12,15,24H,5,8,13-14,16H2,1-4H3,(H,27,31). The van der Waals surface area contributed by atoms with Crippen molar-refractivity contribution in [2.75, 3.05) is 44.6 Å². The van der Waals surface area contributed by atoms with Gasteiger partial charge in [-0.15, -0.1) is 0 Å². The Labute approximate surface area is 209 Å². The lowest BCUT2D eigenvalue weighted by Crippen LogP contribution is -2.44. The topological polar surface area (TPSA) is 82.0 Å². The second-order valence-corrected chi connectivity index (χ2v) is 9.09. The molecule has 1 N–H and O–H groups in total. The molecule has 0 saturated carbocycles. The van der Waals surface area contributed by atoms with Gasteiger partial charge >= 0.3 is 0 Å². The number of aromatic nitrogens is 1. The Morgan fingerprint density at radius 1 is 1.17 bits per heavy atom. The van der Waals surface area contributed by atoms with Crippen molar-refractivity contribution in [3.05, 3.63) is 48.0 Å². The molecule has 1 aromatic heterocycles. The fraction of sp³-hybridized carbons (Fsp3) is 0.385. The summed E-state index contributed by atoms with van der Waals surface area (Å²) in [6.07, 6.45) is 0.680. The molecule has 1 atom stereocenters. The molecule has 8 nitrogen and oxygen atoms in total. The third kappa shape index (κ3) is 4.83. The summed E-state index contributed by atoms with van der Waals surface area (Å²) in [5.41, 5.74) is 2.31. The van der Waals surface area contributed by atoms with Crippen LogP contribution in [-0.4, -0.2) is 56.1 Å². The van der Waals surface area contributed by atoms with Gasteiger partial charge in [0.05, 0.1) is 30.7 Å². The highest BCUT2D eigenvalue weighted by molar-refractivity contribution is 8.00. The van der Waals surface area contributed by atoms with Gasteiger partial charge in [-0.25, -0.2) is 0 Å². The van der Waals surface area contributed by atoms with Gasteiger partial charge < -0.3 is 24.1 Å². The van der Waals surface area contributed by atoms with Crippen molar-refractivity contribution >= 4 is 40.2 Å². The van der Waals surface area contributed by atoms with Crippen molar-refractivity contribution in [3.63, 3.8) is 0 Å². The third-order valence-corrected chi connectivity index (χ3v) is 7.24. The van der Waals surface area contributed by atoms with Crippen LogP contribution in [0.5, 0.6) is 11.5 Å². The number of amides is 2. The normalized spacial score (nSPS) is 15.6. The second-order valence-electron chi connectivity index (χ2n) is 8.13. The molecule has 35 heavy (non-hydrogen) atoms. The van der Waals surface area contributed by atoms with Crippen LogP contribution in [0, 0.1) is 0 Å². The van der Waals surface area contributed by atoms with Crippen molar-refractivity contribution in [2.24, 2.45) is 7.05 Å². The number of fused-ring (bicyclic) bond motifs is 3. The molecular formula is C26H31N3O5S. The molecule has 4 rings (SSSR count). The number of ether oxygens (including phenoxy) is 3. The monoisotopic (exact) mass is 497 g/mol. The number of hydrogen-bond donors (Lipinski definition) is 1. The lowest BCUT2D eigenvalue weighted by atomic mass is 10.0. The number of thioether (sulfide) groups is 1. The highest BCUT2D eigenvalue weighted by Crippen LogP contribution is 2.45. The molecule has 1 unspecified atom stereocenters. The maximum Gasteiger partial charge on any atom is 0.247 e. The summed E-state index contributed by atoms with van der Waals surface area (Å²) in [7, 11) is 5.09. The Bertz CT molecular complexity index is 1230. The molecule has 1 aliphatic rings. The molecule has 0 spiro atoms. The summed E-state index contributed by atoms with van der Waals surface area (Å²) in [4.78, 5) is 29.0. The summed E-state index contributed by atoms with van der Waals surface area (Å²) >= 11 is 1.45. The first-order valence-corrected chi connectivity index (χ1v) is 12.6. The Morgan fingerprint density at radius 3 is 2.71 bits per heavy atom. The molecule has 9 heteroatoms. The predicted molar refractivity (Wildman–Crippen MR) is 138 cm³/mol. The zero-order valence-corrected chi connectivity index (χ0v) is 21.3. The SMILES string of the molecule is CCOCCCNC(=O)C1c2c(n(C)c3ccccc23)SCC(=O)N1c1cc(OC)ccc1OC. The molecule has 3 aromatic rings. The summed E-state index contributed by atoms with van der Waals surface area (Å²) in [6, 6.07) is 12.3. The molecule has 186 valence electrons. The van der Waals surface area contributed by atoms with Crippen LogP contribution >= 0.6 is 11.8 Å². The van der Waals surface area contributed by atoms with Gasteiger partial charge in [0.2, 0.25) is 11.8 Å². The van der Waals surface area contributed by atoms with E-state index < -0.39 is 6.04 Å². The number of methoxy groups -OCH3 is 2. The average molecular weight is 498 g/mol. The quantitative estimate of drug-likeness (QED) is 0.452. The van der Waals surface area contributed by atoms with Crippen LogP contribution in [0.2, 0.25) is 0 Å². The van der Waals surface area contributed by atoms with Gasteiger partial charge in [-0.2, -0.15) is 0 Å². The van der Waals surface area contributed by atoms with E-state index in [9.17, 15) is 9.59 Å². The van der Waals surface area contributed by atoms with Gasteiger partial charge in [-0.1, -0.05) is 30.0 Å². The minimum Gasteiger partial charge on any atom is -0.497 e. The van der Waals surface area contributed by atoms with E-state index in [2.05, 4.69) is 9.88 Å². The third-order valence-electron chi connectivity index (χ3n) is 6.09. The molecule has 2 aromatic carbocycles. The van der Waals surface area contributed by atoms with Crippen LogP contribution in [0.4, 0.5) is 5.69 Å². The van der Waals surface area contributed by atoms with Gasteiger partial charge in [0.15, 0.2) is 0 Å². The Morgan fingerprint density at radius 2 is 1.97 bits per heavy atom. The molecule has 0 saturated heterocycles. The Kier molecular flexibility index (Phi) is 7.87. The summed E-state index contributed by atoms with van der Waals surface area (Å²) in [6.45, 7) is 3.57. The van der Waals surface area contributed by atoms with E-state index in [1.54, 1.807) is 37.3 Å². The highest BCUT2D eigenvalue weighted by atomic mass is 32.2. The van der Waals surface area contributed by atoms with Gasteiger partial charge in [0.25, 0.3) is 0 Å². The Hall–Kier alpha value is -3.17. The zero-order chi connectivity index (χ0) is 24.9. The van der Waals surface area contributed by atoms with Crippen molar-refractivity contribution in [3.8, 4) is 11.5 Å². The van der Waals surface area contributed by atoms with Crippen molar-refractivity contribution in [1.29, 1.82) is 0 Å². The molecule has 0 fully saturated rings. The zero-order valence-electron chi connectivity index (χ0n) is 20.5. The number of aryl methyl sites for hydroxylation is 1. The number of nitrogens with zero attached hydrogens (tertiary/aromatic N) is 2. The van der Waals surface area contributed by atoms with E-state index in [-0.39, 0.29) is 17.6 Å². The first kappa shape index (κ1) is 24.9. The molecule has 2 amide bonds. The minimum atomic E-state index is -0.883. The Balaban J connectivity index is 1.87. The first-order valence-electron chi connectivity index (χ1n) is 11.6. The first-order chi connectivity index (χ1) is 17.0. The van der Waals surface area contributed by atoms with Crippen LogP contribution in [0.1, 0.15) is 24.9 Å². The van der Waals surface area contributed by atoms with Gasteiger partial charge in [-0.05, 0) is 31.5 Å². The van der Waals surface area contributed by atoms with Gasteiger partial charge in [0.1, 0.15) is 17.5 Å². The van der Waals surface area contributed by atoms with Crippen LogP contribution in [0.3, 0.4) is 0 Å². The summed E-state index contributed by atoms with van der Waals surface area (Å²) in [5, 5.41) is 4.88. The van der Waals surface area contributed by atoms with E-state index in [1.165, 1.54) is 11.8 Å². The van der Waals surface area contributed by atoms with E-state index >= 15 is 0 Å². The molecule has 0 radical (unpaired) electrons. The highest BCUT2D eigenvalue weighted by Gasteiger charge is 2.40. The number of carbonyl (C=O) groups is 2. The van der Waals surface area contributed by atoms with Crippen molar-refractivity contribution < 1.29 is 23.8 Å².